The van der Waals surface area contributed by atoms with Gasteiger partial charge in [-0.25, -0.2) is 0 Å². The molecule has 7 unspecified atom stereocenters. The van der Waals surface area contributed by atoms with Gasteiger partial charge in [0.2, 0.25) is 23.6 Å². The average molecular weight is 795 g/mol. The summed E-state index contributed by atoms with van der Waals surface area (Å²) in [5, 5.41) is 19.8. The first-order valence-electron chi connectivity index (χ1n) is 20.5. The van der Waals surface area contributed by atoms with Crippen LogP contribution in [0.1, 0.15) is 84.5 Å². The normalized spacial score (nSPS) is 18.6. The number of likely N-dealkylation sites (N-methyl/N-ethyl adjacent to an activating group) is 2. The van der Waals surface area contributed by atoms with Crippen LogP contribution in [0.15, 0.2) is 54.6 Å². The Morgan fingerprint density at radius 3 is 2.14 bits per heavy atom. The Morgan fingerprint density at radius 2 is 1.58 bits per heavy atom. The first kappa shape index (κ1) is 47.3. The minimum Gasteiger partial charge on any atom is -0.388 e. The molecule has 57 heavy (non-hydrogen) atoms. The van der Waals surface area contributed by atoms with Gasteiger partial charge in [-0.15, -0.1) is 0 Å². The van der Waals surface area contributed by atoms with Gasteiger partial charge in [0.1, 0.15) is 0 Å². The van der Waals surface area contributed by atoms with Crippen LogP contribution in [0, 0.1) is 17.8 Å². The lowest BCUT2D eigenvalue weighted by Gasteiger charge is -2.39. The maximum Gasteiger partial charge on any atom is 0.242 e. The molecule has 318 valence electrons. The third kappa shape index (κ3) is 12.7. The molecule has 2 aromatic rings. The second-order valence-corrected chi connectivity index (χ2v) is 16.1. The van der Waals surface area contributed by atoms with Gasteiger partial charge < -0.3 is 40.3 Å². The van der Waals surface area contributed by atoms with Crippen LogP contribution in [-0.4, -0.2) is 128 Å². The molecule has 9 atom stereocenters. The van der Waals surface area contributed by atoms with E-state index >= 15 is 0 Å². The van der Waals surface area contributed by atoms with Gasteiger partial charge in [0, 0.05) is 47.1 Å². The molecule has 0 saturated carbocycles. The van der Waals surface area contributed by atoms with Gasteiger partial charge in [-0.1, -0.05) is 83.5 Å². The molecule has 1 aliphatic rings. The molecule has 4 amide bonds. The van der Waals surface area contributed by atoms with Gasteiger partial charge in [0.15, 0.2) is 0 Å². The number of benzene rings is 2. The second-order valence-electron chi connectivity index (χ2n) is 16.1. The highest BCUT2D eigenvalue weighted by Crippen LogP contribution is 2.30. The lowest BCUT2D eigenvalue weighted by atomic mass is 9.90. The smallest absolute Gasteiger partial charge is 0.242 e. The number of ether oxygens (including phenoxy) is 2. The van der Waals surface area contributed by atoms with Crippen LogP contribution in [-0.2, 0) is 35.2 Å². The Hall–Kier alpha value is -4.04. The Balaban J connectivity index is 1.67. The highest BCUT2D eigenvalue weighted by molar-refractivity contribution is 5.88. The zero-order chi connectivity index (χ0) is 42.4. The van der Waals surface area contributed by atoms with Gasteiger partial charge >= 0.3 is 0 Å². The number of carbonyl (C=O) groups excluding carboxylic acids is 4. The fourth-order valence-corrected chi connectivity index (χ4v) is 8.27. The Morgan fingerprint density at radius 1 is 0.930 bits per heavy atom. The highest BCUT2D eigenvalue weighted by Gasteiger charge is 2.42. The predicted molar refractivity (Wildman–Crippen MR) is 224 cm³/mol. The summed E-state index contributed by atoms with van der Waals surface area (Å²) in [5.41, 5.74) is 2.79. The minimum atomic E-state index is -0.880. The number of anilines is 1. The van der Waals surface area contributed by atoms with E-state index in [2.05, 4.69) is 16.0 Å². The zero-order valence-corrected chi connectivity index (χ0v) is 36.2. The molecule has 0 radical (unpaired) electrons. The summed E-state index contributed by atoms with van der Waals surface area (Å²) in [4.78, 5) is 60.4. The minimum absolute atomic E-state index is 0.00301. The van der Waals surface area contributed by atoms with Crippen molar-refractivity contribution in [3.05, 3.63) is 65.7 Å². The number of likely N-dealkylation sites (tertiary alicyclic amines) is 1. The third-order valence-corrected chi connectivity index (χ3v) is 11.8. The van der Waals surface area contributed by atoms with Crippen LogP contribution in [0.2, 0.25) is 0 Å². The first-order chi connectivity index (χ1) is 27.1. The highest BCUT2D eigenvalue weighted by atomic mass is 16.5. The van der Waals surface area contributed by atoms with E-state index in [0.717, 1.165) is 24.1 Å². The van der Waals surface area contributed by atoms with Crippen molar-refractivity contribution in [2.24, 2.45) is 17.8 Å². The van der Waals surface area contributed by atoms with Crippen LogP contribution >= 0.6 is 0 Å². The summed E-state index contributed by atoms with van der Waals surface area (Å²) in [6, 6.07) is 15.5. The van der Waals surface area contributed by atoms with Gasteiger partial charge in [-0.05, 0) is 61.9 Å². The molecule has 1 aliphatic heterocycles. The SMILES string of the molecule is CCC(C)C(C(CC(=O)N1CCC[C@H]1C(OC)C(C)C(=O)NC(C)[C@@H](O)c1ccccc1)OC)N(C)C(=O)CNC(=O)C(C(C)C)N(C)Cc1ccc(NC)cc1. The van der Waals surface area contributed by atoms with Crippen molar-refractivity contribution in [3.8, 4) is 0 Å². The van der Waals surface area contributed by atoms with Crippen LogP contribution in [0.4, 0.5) is 5.69 Å². The number of aliphatic hydroxyl groups excluding tert-OH is 1. The van der Waals surface area contributed by atoms with E-state index in [-0.39, 0.29) is 54.5 Å². The Labute approximate surface area is 341 Å². The molecule has 4 N–H and O–H groups in total. The summed E-state index contributed by atoms with van der Waals surface area (Å²) in [7, 11) is 8.60. The number of hydrogen-bond acceptors (Lipinski definition) is 9. The standard InChI is InChI=1S/C44H70N6O7/c1-12-29(4)40(49(9)38(52)26-46-44(55)39(28(2)3)48(8)27-32-20-22-34(45-7)23-21-32)36(56-10)25-37(51)50-24-16-19-35(50)42(57-11)30(5)43(54)47-31(6)41(53)33-17-14-13-15-18-33/h13-15,17-18,20-23,28-31,35-36,39-42,45,53H,12,16,19,24-27H2,1-11H3,(H,46,55)(H,47,54)/t29?,30?,31?,35-,36?,39?,40?,41+,42?/m0/s1. The van der Waals surface area contributed by atoms with Gasteiger partial charge in [0.05, 0.1) is 61.4 Å². The van der Waals surface area contributed by atoms with Crippen LogP contribution in [0.5, 0.6) is 0 Å². The molecule has 0 bridgehead atoms. The van der Waals surface area contributed by atoms with E-state index in [0.29, 0.717) is 25.1 Å². The van der Waals surface area contributed by atoms with Gasteiger partial charge in [-0.2, -0.15) is 0 Å². The molecule has 0 aromatic heterocycles. The molecular formula is C44H70N6O7. The Bertz CT molecular complexity index is 1560. The van der Waals surface area contributed by atoms with E-state index in [1.807, 2.05) is 101 Å². The van der Waals surface area contributed by atoms with Crippen LogP contribution in [0.3, 0.4) is 0 Å². The molecule has 0 spiro atoms. The number of rotatable bonds is 22. The van der Waals surface area contributed by atoms with E-state index in [1.165, 1.54) is 0 Å². The van der Waals surface area contributed by atoms with Crippen molar-refractivity contribution in [1.29, 1.82) is 0 Å². The first-order valence-corrected chi connectivity index (χ1v) is 20.5. The van der Waals surface area contributed by atoms with E-state index in [9.17, 15) is 24.3 Å². The summed E-state index contributed by atoms with van der Waals surface area (Å²) in [6.45, 7) is 12.5. The maximum absolute atomic E-state index is 14.1. The second kappa shape index (κ2) is 22.8. The monoisotopic (exact) mass is 795 g/mol. The lowest BCUT2D eigenvalue weighted by molar-refractivity contribution is -0.146. The van der Waals surface area contributed by atoms with E-state index in [4.69, 9.17) is 9.47 Å². The van der Waals surface area contributed by atoms with Crippen molar-refractivity contribution in [2.75, 3.05) is 53.8 Å². The summed E-state index contributed by atoms with van der Waals surface area (Å²) in [6.07, 6.45) is 0.111. The van der Waals surface area contributed by atoms with Crippen molar-refractivity contribution in [1.82, 2.24) is 25.3 Å². The molecule has 1 fully saturated rings. The number of nitrogens with zero attached hydrogens (tertiary/aromatic N) is 3. The molecule has 2 aromatic carbocycles. The predicted octanol–water partition coefficient (Wildman–Crippen LogP) is 4.46. The average Bonchev–Trinajstić information content (AvgIpc) is 3.69. The molecule has 1 heterocycles. The van der Waals surface area contributed by atoms with Crippen molar-refractivity contribution in [3.63, 3.8) is 0 Å². The molecule has 13 heteroatoms. The molecular weight excluding hydrogens is 725 g/mol. The summed E-state index contributed by atoms with van der Waals surface area (Å²) in [5.74, 6) is -1.54. The Kier molecular flexibility index (Phi) is 18.9. The topological polar surface area (TPSA) is 153 Å². The number of carbonyl (C=O) groups is 4. The quantitative estimate of drug-likeness (QED) is 0.136. The number of amides is 4. The molecule has 3 rings (SSSR count). The van der Waals surface area contributed by atoms with Crippen molar-refractivity contribution >= 4 is 29.3 Å². The van der Waals surface area contributed by atoms with E-state index in [1.54, 1.807) is 44.9 Å². The van der Waals surface area contributed by atoms with E-state index < -0.39 is 42.4 Å². The van der Waals surface area contributed by atoms with Gasteiger partial charge in [0.25, 0.3) is 0 Å². The van der Waals surface area contributed by atoms with Crippen molar-refractivity contribution in [2.45, 2.75) is 116 Å². The van der Waals surface area contributed by atoms with Crippen LogP contribution in [0.25, 0.3) is 0 Å². The molecule has 13 nitrogen and oxygen atoms in total. The molecule has 0 aliphatic carbocycles. The largest absolute Gasteiger partial charge is 0.388 e. The third-order valence-electron chi connectivity index (χ3n) is 11.8. The van der Waals surface area contributed by atoms with Crippen molar-refractivity contribution < 1.29 is 33.8 Å². The van der Waals surface area contributed by atoms with Gasteiger partial charge in [-0.3, -0.25) is 24.1 Å². The van der Waals surface area contributed by atoms with Crippen LogP contribution < -0.4 is 16.0 Å². The molecule has 1 saturated heterocycles. The number of nitrogens with one attached hydrogen (secondary N) is 3. The number of aliphatic hydroxyl groups is 1. The maximum atomic E-state index is 14.1. The summed E-state index contributed by atoms with van der Waals surface area (Å²) >= 11 is 0. The zero-order valence-electron chi connectivity index (χ0n) is 36.2. The number of hydrogen-bond donors (Lipinski definition) is 4. The lowest BCUT2D eigenvalue weighted by Crippen LogP contribution is -2.55. The number of methoxy groups -OCH3 is 2. The summed E-state index contributed by atoms with van der Waals surface area (Å²) < 4.78 is 11.9. The fraction of sp³-hybridized carbons (Fsp3) is 0.636. The fourth-order valence-electron chi connectivity index (χ4n) is 8.27.